The molecule has 156 valence electrons. The highest BCUT2D eigenvalue weighted by Gasteiger charge is 2.19. The van der Waals surface area contributed by atoms with E-state index in [1.165, 1.54) is 22.3 Å². The zero-order valence-corrected chi connectivity index (χ0v) is 19.4. The van der Waals surface area contributed by atoms with Crippen molar-refractivity contribution in [3.8, 4) is 0 Å². The van der Waals surface area contributed by atoms with Crippen molar-refractivity contribution in [1.29, 1.82) is 0 Å². The number of benzene rings is 2. The second-order valence-corrected chi connectivity index (χ2v) is 8.89. The van der Waals surface area contributed by atoms with Crippen molar-refractivity contribution in [1.82, 2.24) is 0 Å². The summed E-state index contributed by atoms with van der Waals surface area (Å²) in [4.78, 5) is 26.6. The Hall–Kier alpha value is -2.55. The summed E-state index contributed by atoms with van der Waals surface area (Å²) in [7, 11) is 0. The Bertz CT molecular complexity index is 869. The number of carbonyl (C=O) groups excluding carboxylic acids is 2. The van der Waals surface area contributed by atoms with Crippen LogP contribution in [0.4, 0.5) is 0 Å². The second-order valence-electron chi connectivity index (χ2n) is 8.89. The van der Waals surface area contributed by atoms with Crippen LogP contribution in [0.25, 0.3) is 0 Å². The molecule has 0 aromatic heterocycles. The summed E-state index contributed by atoms with van der Waals surface area (Å²) >= 11 is 0. The molecule has 2 aromatic carbocycles. The van der Waals surface area contributed by atoms with Gasteiger partial charge in [-0.25, -0.2) is 0 Å². The number of hydrogen-bond acceptors (Lipinski definition) is 3. The van der Waals surface area contributed by atoms with Crippen molar-refractivity contribution in [2.45, 2.75) is 62.3 Å². The molecule has 0 aliphatic carbocycles. The van der Waals surface area contributed by atoms with Crippen LogP contribution in [0.15, 0.2) is 29.3 Å². The first kappa shape index (κ1) is 24.5. The summed E-state index contributed by atoms with van der Waals surface area (Å²) in [6, 6.07) is 8.33. The van der Waals surface area contributed by atoms with E-state index in [0.29, 0.717) is 0 Å². The van der Waals surface area contributed by atoms with E-state index in [9.17, 15) is 9.59 Å². The lowest BCUT2D eigenvalue weighted by atomic mass is 9.91. The van der Waals surface area contributed by atoms with E-state index < -0.39 is 0 Å². The van der Waals surface area contributed by atoms with Crippen LogP contribution < -0.4 is 0 Å². The van der Waals surface area contributed by atoms with Gasteiger partial charge in [0.15, 0.2) is 12.1 Å². The van der Waals surface area contributed by atoms with E-state index in [1.807, 2.05) is 59.9 Å². The first-order valence-electron chi connectivity index (χ1n) is 10.0. The number of nitrogens with zero attached hydrogens (tertiary/aromatic N) is 1. The standard InChI is InChI=1S/C16H23NO.C10H12O/c1-11-7-12(2)14(13(3)8-11)9-17-10-15(18)16(4,5)6;1-7-4-8(2)10(6-11)9(3)5-7/h7-9H,10H2,1-6H3;4-6H,1-3H3. The number of aliphatic imine (C=N–C) groups is 1. The van der Waals surface area contributed by atoms with Crippen LogP contribution in [-0.4, -0.2) is 24.8 Å². The maximum Gasteiger partial charge on any atom is 0.159 e. The number of rotatable bonds is 4. The highest BCUT2D eigenvalue weighted by Crippen LogP contribution is 2.16. The summed E-state index contributed by atoms with van der Waals surface area (Å²) in [5, 5.41) is 0. The fraction of sp³-hybridized carbons (Fsp3) is 0.423. The number of ketones is 1. The van der Waals surface area contributed by atoms with E-state index >= 15 is 0 Å². The lowest BCUT2D eigenvalue weighted by molar-refractivity contribution is -0.124. The molecule has 0 saturated carbocycles. The predicted molar refractivity (Wildman–Crippen MR) is 124 cm³/mol. The zero-order valence-electron chi connectivity index (χ0n) is 19.4. The molecule has 0 unspecified atom stereocenters. The summed E-state index contributed by atoms with van der Waals surface area (Å²) in [6.45, 7) is 18.2. The van der Waals surface area contributed by atoms with E-state index in [-0.39, 0.29) is 17.7 Å². The molecule has 3 nitrogen and oxygen atoms in total. The molecule has 0 fully saturated rings. The molecular formula is C26H35NO2. The smallest absolute Gasteiger partial charge is 0.159 e. The molecule has 0 heterocycles. The highest BCUT2D eigenvalue weighted by atomic mass is 16.1. The average molecular weight is 394 g/mol. The van der Waals surface area contributed by atoms with Gasteiger partial charge in [-0.3, -0.25) is 14.6 Å². The summed E-state index contributed by atoms with van der Waals surface area (Å²) in [5.74, 6) is 0.168. The van der Waals surface area contributed by atoms with E-state index in [2.05, 4.69) is 37.9 Å². The van der Waals surface area contributed by atoms with Gasteiger partial charge >= 0.3 is 0 Å². The molecule has 3 heteroatoms. The number of hydrogen-bond donors (Lipinski definition) is 0. The lowest BCUT2D eigenvalue weighted by Gasteiger charge is -2.14. The lowest BCUT2D eigenvalue weighted by Crippen LogP contribution is -2.22. The van der Waals surface area contributed by atoms with Crippen molar-refractivity contribution in [2.75, 3.05) is 6.54 Å². The monoisotopic (exact) mass is 393 g/mol. The minimum absolute atomic E-state index is 0.168. The molecule has 0 N–H and O–H groups in total. The first-order chi connectivity index (χ1) is 13.4. The van der Waals surface area contributed by atoms with E-state index in [0.717, 1.165) is 28.5 Å². The van der Waals surface area contributed by atoms with Crippen LogP contribution in [0.2, 0.25) is 0 Å². The Morgan fingerprint density at radius 2 is 1.17 bits per heavy atom. The third kappa shape index (κ3) is 7.41. The summed E-state index contributed by atoms with van der Waals surface area (Å²) in [6.07, 6.45) is 2.75. The topological polar surface area (TPSA) is 46.5 Å². The normalized spacial score (nSPS) is 11.2. The Balaban J connectivity index is 0.000000326. The molecule has 2 aromatic rings. The summed E-state index contributed by atoms with van der Waals surface area (Å²) in [5.41, 5.74) is 8.67. The number of carbonyl (C=O) groups is 2. The molecule has 0 bridgehead atoms. The second kappa shape index (κ2) is 10.3. The fourth-order valence-electron chi connectivity index (χ4n) is 3.23. The molecule has 0 amide bonds. The van der Waals surface area contributed by atoms with E-state index in [1.54, 1.807) is 0 Å². The maximum atomic E-state index is 11.8. The largest absolute Gasteiger partial charge is 0.298 e. The minimum atomic E-state index is -0.311. The summed E-state index contributed by atoms with van der Waals surface area (Å²) < 4.78 is 0. The molecule has 0 aliphatic rings. The van der Waals surface area contributed by atoms with Gasteiger partial charge in [0, 0.05) is 17.2 Å². The van der Waals surface area contributed by atoms with Gasteiger partial charge in [0.25, 0.3) is 0 Å². The van der Waals surface area contributed by atoms with Crippen molar-refractivity contribution < 1.29 is 9.59 Å². The van der Waals surface area contributed by atoms with Crippen molar-refractivity contribution in [2.24, 2.45) is 10.4 Å². The Morgan fingerprint density at radius 1 is 0.793 bits per heavy atom. The van der Waals surface area contributed by atoms with Gasteiger partial charge in [-0.05, 0) is 69.4 Å². The van der Waals surface area contributed by atoms with Crippen molar-refractivity contribution in [3.05, 3.63) is 68.8 Å². The quantitative estimate of drug-likeness (QED) is 0.467. The third-order valence-electron chi connectivity index (χ3n) is 4.89. The number of aryl methyl sites for hydroxylation is 6. The highest BCUT2D eigenvalue weighted by molar-refractivity contribution is 5.89. The molecule has 0 spiro atoms. The zero-order chi connectivity index (χ0) is 22.4. The van der Waals surface area contributed by atoms with Crippen molar-refractivity contribution >= 4 is 18.3 Å². The van der Waals surface area contributed by atoms with Crippen LogP contribution in [0.1, 0.15) is 70.1 Å². The van der Waals surface area contributed by atoms with Gasteiger partial charge in [-0.1, -0.05) is 56.2 Å². The first-order valence-corrected chi connectivity index (χ1v) is 10.0. The van der Waals surface area contributed by atoms with Gasteiger partial charge in [0.1, 0.15) is 0 Å². The van der Waals surface area contributed by atoms with Gasteiger partial charge in [0.05, 0.1) is 6.54 Å². The van der Waals surface area contributed by atoms with E-state index in [4.69, 9.17) is 0 Å². The van der Waals surface area contributed by atoms with Gasteiger partial charge in [-0.15, -0.1) is 0 Å². The van der Waals surface area contributed by atoms with Crippen LogP contribution >= 0.6 is 0 Å². The molecule has 0 atom stereocenters. The Labute approximate surface area is 176 Å². The third-order valence-corrected chi connectivity index (χ3v) is 4.89. The van der Waals surface area contributed by atoms with Gasteiger partial charge < -0.3 is 0 Å². The van der Waals surface area contributed by atoms with Gasteiger partial charge in [-0.2, -0.15) is 0 Å². The average Bonchev–Trinajstić information content (AvgIpc) is 2.56. The van der Waals surface area contributed by atoms with Crippen LogP contribution in [-0.2, 0) is 4.79 Å². The molecular weight excluding hydrogens is 358 g/mol. The van der Waals surface area contributed by atoms with Crippen LogP contribution in [0.3, 0.4) is 0 Å². The molecule has 0 aliphatic heterocycles. The molecule has 0 radical (unpaired) electrons. The van der Waals surface area contributed by atoms with Crippen molar-refractivity contribution in [3.63, 3.8) is 0 Å². The molecule has 0 saturated heterocycles. The Morgan fingerprint density at radius 3 is 1.52 bits per heavy atom. The number of Topliss-reactive ketones (excluding diaryl/α,β-unsaturated/α-hetero) is 1. The molecule has 2 rings (SSSR count). The predicted octanol–water partition coefficient (Wildman–Crippen LogP) is 6.07. The van der Waals surface area contributed by atoms with Crippen LogP contribution in [0, 0.1) is 47.0 Å². The molecule has 29 heavy (non-hydrogen) atoms. The maximum absolute atomic E-state index is 11.8. The Kier molecular flexibility index (Phi) is 8.69. The van der Waals surface area contributed by atoms with Gasteiger partial charge in [0.2, 0.25) is 0 Å². The fourth-order valence-corrected chi connectivity index (χ4v) is 3.23. The minimum Gasteiger partial charge on any atom is -0.298 e. The SMILES string of the molecule is Cc1cc(C)c(C=NCC(=O)C(C)(C)C)c(C)c1.Cc1cc(C)c(C=O)c(C)c1. The van der Waals surface area contributed by atoms with Crippen LogP contribution in [0.5, 0.6) is 0 Å². The number of aldehydes is 1.